The number of hydrogen-bond donors (Lipinski definition) is 3. The van der Waals surface area contributed by atoms with E-state index in [-0.39, 0.29) is 29.0 Å². The van der Waals surface area contributed by atoms with Crippen LogP contribution in [0.3, 0.4) is 0 Å². The van der Waals surface area contributed by atoms with E-state index in [1.54, 1.807) is 0 Å². The number of aliphatic hydroxyl groups excluding tert-OH is 1. The molecule has 1 atom stereocenters. The van der Waals surface area contributed by atoms with Gasteiger partial charge in [-0.25, -0.2) is 13.1 Å². The van der Waals surface area contributed by atoms with Gasteiger partial charge in [-0.15, -0.1) is 11.3 Å². The van der Waals surface area contributed by atoms with Crippen LogP contribution in [0.2, 0.25) is 0 Å². The molecule has 1 aliphatic heterocycles. The summed E-state index contributed by atoms with van der Waals surface area (Å²) in [6, 6.07) is 1.40. The number of carbonyl (C=O) groups is 1. The second-order valence-corrected chi connectivity index (χ2v) is 8.19. The van der Waals surface area contributed by atoms with Crippen LogP contribution in [-0.2, 0) is 10.0 Å². The van der Waals surface area contributed by atoms with E-state index >= 15 is 0 Å². The zero-order chi connectivity index (χ0) is 16.2. The minimum atomic E-state index is -3.63. The zero-order valence-corrected chi connectivity index (χ0v) is 13.8. The molecule has 1 aliphatic rings. The summed E-state index contributed by atoms with van der Waals surface area (Å²) in [5.41, 5.74) is 5.32. The maximum Gasteiger partial charge on any atom is 0.250 e. The van der Waals surface area contributed by atoms with Crippen LogP contribution in [0.25, 0.3) is 0 Å². The molecule has 2 heterocycles. The number of rotatable bonds is 7. The van der Waals surface area contributed by atoms with Gasteiger partial charge in [-0.1, -0.05) is 6.42 Å². The van der Waals surface area contributed by atoms with Crippen molar-refractivity contribution in [3.63, 3.8) is 0 Å². The number of nitrogens with zero attached hydrogens (tertiary/aromatic N) is 1. The fourth-order valence-corrected chi connectivity index (χ4v) is 4.78. The van der Waals surface area contributed by atoms with Crippen LogP contribution in [0.15, 0.2) is 15.7 Å². The number of amides is 1. The lowest BCUT2D eigenvalue weighted by Gasteiger charge is -2.34. The Morgan fingerprint density at radius 2 is 2.27 bits per heavy atom. The van der Waals surface area contributed by atoms with Crippen LogP contribution in [0, 0.1) is 0 Å². The summed E-state index contributed by atoms with van der Waals surface area (Å²) in [7, 11) is -3.63. The van der Waals surface area contributed by atoms with Crippen molar-refractivity contribution in [1.82, 2.24) is 9.62 Å². The summed E-state index contributed by atoms with van der Waals surface area (Å²) in [6.07, 6.45) is 3.10. The summed E-state index contributed by atoms with van der Waals surface area (Å²) in [5, 5.41) is 10.8. The lowest BCUT2D eigenvalue weighted by molar-refractivity contribution is 0.0923. The van der Waals surface area contributed by atoms with Crippen LogP contribution >= 0.6 is 11.3 Å². The van der Waals surface area contributed by atoms with Crippen molar-refractivity contribution in [2.45, 2.75) is 29.5 Å². The molecule has 1 aromatic rings. The zero-order valence-electron chi connectivity index (χ0n) is 12.2. The van der Waals surface area contributed by atoms with E-state index in [1.165, 1.54) is 11.4 Å². The topological polar surface area (TPSA) is 113 Å². The van der Waals surface area contributed by atoms with Crippen LogP contribution in [0.5, 0.6) is 0 Å². The number of hydrogen-bond acceptors (Lipinski definition) is 6. The van der Waals surface area contributed by atoms with Gasteiger partial charge in [0.2, 0.25) is 15.9 Å². The van der Waals surface area contributed by atoms with Crippen LogP contribution in [-0.4, -0.2) is 56.6 Å². The number of carbonyl (C=O) groups excluding carboxylic acids is 1. The van der Waals surface area contributed by atoms with E-state index in [0.717, 1.165) is 37.1 Å². The van der Waals surface area contributed by atoms with Gasteiger partial charge >= 0.3 is 0 Å². The second kappa shape index (κ2) is 7.51. The highest BCUT2D eigenvalue weighted by Gasteiger charge is 2.22. The molecule has 0 aromatic carbocycles. The molecule has 9 heteroatoms. The summed E-state index contributed by atoms with van der Waals surface area (Å²) in [4.78, 5) is 13.1. The predicted molar refractivity (Wildman–Crippen MR) is 84.3 cm³/mol. The molecular formula is C13H21N3O4S2. The first-order valence-electron chi connectivity index (χ1n) is 7.17. The predicted octanol–water partition coefficient (Wildman–Crippen LogP) is -0.0279. The van der Waals surface area contributed by atoms with E-state index in [2.05, 4.69) is 9.62 Å². The lowest BCUT2D eigenvalue weighted by atomic mass is 10.0. The maximum absolute atomic E-state index is 12.1. The van der Waals surface area contributed by atoms with Crippen molar-refractivity contribution >= 4 is 27.3 Å². The van der Waals surface area contributed by atoms with Crippen molar-refractivity contribution in [3.8, 4) is 0 Å². The molecule has 1 saturated heterocycles. The third-order valence-electron chi connectivity index (χ3n) is 3.78. The average Bonchev–Trinajstić information content (AvgIpc) is 2.98. The third kappa shape index (κ3) is 4.26. The highest BCUT2D eigenvalue weighted by atomic mass is 32.2. The number of aliphatic hydroxyl groups is 1. The van der Waals surface area contributed by atoms with Gasteiger partial charge < -0.3 is 10.8 Å². The molecule has 7 nitrogen and oxygen atoms in total. The Morgan fingerprint density at radius 1 is 1.50 bits per heavy atom. The van der Waals surface area contributed by atoms with Crippen molar-refractivity contribution in [2.75, 3.05) is 26.2 Å². The quantitative estimate of drug-likeness (QED) is 0.641. The van der Waals surface area contributed by atoms with Crippen molar-refractivity contribution in [3.05, 3.63) is 17.0 Å². The number of primary amides is 1. The molecule has 0 aliphatic carbocycles. The number of piperidine rings is 1. The van der Waals surface area contributed by atoms with E-state index in [0.29, 0.717) is 6.54 Å². The first kappa shape index (κ1) is 17.4. The molecule has 2 rings (SSSR count). The average molecular weight is 347 g/mol. The molecule has 1 aromatic heterocycles. The summed E-state index contributed by atoms with van der Waals surface area (Å²) in [6.45, 7) is 1.79. The van der Waals surface area contributed by atoms with Crippen LogP contribution < -0.4 is 10.5 Å². The molecule has 0 saturated carbocycles. The lowest BCUT2D eigenvalue weighted by Crippen LogP contribution is -2.45. The SMILES string of the molecule is NC(=O)c1csc(S(=O)(=O)NCCN2CCCC[C@@H]2CO)c1. The molecule has 4 N–H and O–H groups in total. The van der Waals surface area contributed by atoms with E-state index < -0.39 is 15.9 Å². The Morgan fingerprint density at radius 3 is 2.91 bits per heavy atom. The number of sulfonamides is 1. The Kier molecular flexibility index (Phi) is 5.93. The smallest absolute Gasteiger partial charge is 0.250 e. The van der Waals surface area contributed by atoms with Gasteiger partial charge in [0.1, 0.15) is 4.21 Å². The molecule has 1 fully saturated rings. The first-order chi connectivity index (χ1) is 10.4. The van der Waals surface area contributed by atoms with E-state index in [4.69, 9.17) is 5.73 Å². The fourth-order valence-electron chi connectivity index (χ4n) is 2.54. The molecule has 0 spiro atoms. The minimum absolute atomic E-state index is 0.0821. The van der Waals surface area contributed by atoms with Gasteiger partial charge in [-0.2, -0.15) is 0 Å². The maximum atomic E-state index is 12.1. The van der Waals surface area contributed by atoms with E-state index in [9.17, 15) is 18.3 Å². The van der Waals surface area contributed by atoms with Crippen LogP contribution in [0.4, 0.5) is 0 Å². The summed E-state index contributed by atoms with van der Waals surface area (Å²) >= 11 is 0.971. The minimum Gasteiger partial charge on any atom is -0.395 e. The summed E-state index contributed by atoms with van der Waals surface area (Å²) < 4.78 is 26.9. The van der Waals surface area contributed by atoms with Gasteiger partial charge in [0.05, 0.1) is 12.2 Å². The van der Waals surface area contributed by atoms with Gasteiger partial charge in [0, 0.05) is 24.5 Å². The van der Waals surface area contributed by atoms with Crippen molar-refractivity contribution in [2.24, 2.45) is 5.73 Å². The Hall–Kier alpha value is -1.00. The molecule has 22 heavy (non-hydrogen) atoms. The second-order valence-electron chi connectivity index (χ2n) is 5.28. The van der Waals surface area contributed by atoms with Gasteiger partial charge in [0.15, 0.2) is 0 Å². The molecule has 1 amide bonds. The number of nitrogens with one attached hydrogen (secondary N) is 1. The normalized spacial score (nSPS) is 20.1. The third-order valence-corrected chi connectivity index (χ3v) is 6.68. The molecule has 0 radical (unpaired) electrons. The van der Waals surface area contributed by atoms with Crippen molar-refractivity contribution < 1.29 is 18.3 Å². The van der Waals surface area contributed by atoms with E-state index in [1.807, 2.05) is 0 Å². The largest absolute Gasteiger partial charge is 0.395 e. The number of thiophene rings is 1. The van der Waals surface area contributed by atoms with Crippen LogP contribution in [0.1, 0.15) is 29.6 Å². The van der Waals surface area contributed by atoms with Gasteiger partial charge in [0.25, 0.3) is 0 Å². The Labute approximate surface area is 134 Å². The summed E-state index contributed by atoms with van der Waals surface area (Å²) in [5.74, 6) is -0.642. The monoisotopic (exact) mass is 347 g/mol. The van der Waals surface area contributed by atoms with Gasteiger partial charge in [-0.05, 0) is 25.5 Å². The highest BCUT2D eigenvalue weighted by molar-refractivity contribution is 7.91. The Bertz CT molecular complexity index is 615. The molecule has 124 valence electrons. The highest BCUT2D eigenvalue weighted by Crippen LogP contribution is 2.20. The fraction of sp³-hybridized carbons (Fsp3) is 0.615. The molecule has 0 unspecified atom stereocenters. The standard InChI is InChI=1S/C13H21N3O4S2/c14-13(18)10-7-12(21-9-10)22(19,20)15-4-6-16-5-2-1-3-11(16)8-17/h7,9,11,15,17H,1-6,8H2,(H2,14,18)/t11-/m1/s1. The molecule has 0 bridgehead atoms. The number of likely N-dealkylation sites (tertiary alicyclic amines) is 1. The van der Waals surface area contributed by atoms with Gasteiger partial charge in [-0.3, -0.25) is 9.69 Å². The number of nitrogens with two attached hydrogens (primary N) is 1. The molecular weight excluding hydrogens is 326 g/mol. The Balaban J connectivity index is 1.90. The first-order valence-corrected chi connectivity index (χ1v) is 9.53. The van der Waals surface area contributed by atoms with Crippen molar-refractivity contribution in [1.29, 1.82) is 0 Å².